The van der Waals surface area contributed by atoms with Crippen LogP contribution in [0.3, 0.4) is 0 Å². The number of halogens is 1. The Hall–Kier alpha value is -1.25. The van der Waals surface area contributed by atoms with Gasteiger partial charge in [-0.3, -0.25) is 0 Å². The van der Waals surface area contributed by atoms with E-state index < -0.39 is 9.05 Å². The second-order valence-electron chi connectivity index (χ2n) is 3.79. The molecule has 1 aromatic carbocycles. The zero-order valence-electron chi connectivity index (χ0n) is 9.80. The molecular formula is C12H14ClNO3S. The molecule has 0 saturated carbocycles. The van der Waals surface area contributed by atoms with Gasteiger partial charge in [-0.05, 0) is 37.5 Å². The van der Waals surface area contributed by atoms with Crippen LogP contribution < -0.4 is 4.74 Å². The van der Waals surface area contributed by atoms with Gasteiger partial charge in [0.15, 0.2) is 0 Å². The molecule has 1 rings (SSSR count). The molecule has 0 aromatic heterocycles. The first-order valence-electron chi connectivity index (χ1n) is 5.56. The van der Waals surface area contributed by atoms with E-state index in [9.17, 15) is 8.42 Å². The zero-order valence-corrected chi connectivity index (χ0v) is 11.4. The molecule has 0 N–H and O–H groups in total. The molecule has 0 heterocycles. The molecule has 18 heavy (non-hydrogen) atoms. The van der Waals surface area contributed by atoms with Gasteiger partial charge in [-0.2, -0.15) is 5.26 Å². The molecule has 0 aliphatic carbocycles. The Labute approximate surface area is 112 Å². The van der Waals surface area contributed by atoms with Crippen LogP contribution in [0, 0.1) is 11.3 Å². The highest BCUT2D eigenvalue weighted by Crippen LogP contribution is 2.13. The zero-order chi connectivity index (χ0) is 13.4. The third-order valence-electron chi connectivity index (χ3n) is 2.26. The molecule has 6 heteroatoms. The van der Waals surface area contributed by atoms with Crippen molar-refractivity contribution < 1.29 is 13.2 Å². The molecule has 0 spiro atoms. The summed E-state index contributed by atoms with van der Waals surface area (Å²) >= 11 is 0. The summed E-state index contributed by atoms with van der Waals surface area (Å²) in [5.41, 5.74) is 0.556. The number of nitrogens with zero attached hydrogens (tertiary/aromatic N) is 1. The Morgan fingerprint density at radius 1 is 1.28 bits per heavy atom. The standard InChI is InChI=1S/C12H14ClNO3S/c13-18(15,16)8-3-1-2-7-17-12-6-4-5-11(9-12)10-14/h4-6,9H,1-3,7-8H2. The number of ether oxygens (including phenoxy) is 1. The lowest BCUT2D eigenvalue weighted by atomic mass is 10.2. The average molecular weight is 288 g/mol. The van der Waals surface area contributed by atoms with Crippen molar-refractivity contribution in [1.82, 2.24) is 0 Å². The van der Waals surface area contributed by atoms with E-state index >= 15 is 0 Å². The fourth-order valence-corrected chi connectivity index (χ4v) is 2.28. The quantitative estimate of drug-likeness (QED) is 0.571. The number of rotatable bonds is 7. The Morgan fingerprint density at radius 3 is 2.72 bits per heavy atom. The fraction of sp³-hybridized carbons (Fsp3) is 0.417. The lowest BCUT2D eigenvalue weighted by Crippen LogP contribution is -2.00. The highest BCUT2D eigenvalue weighted by Gasteiger charge is 2.03. The topological polar surface area (TPSA) is 67.2 Å². The SMILES string of the molecule is N#Cc1cccc(OCCCCCS(=O)(=O)Cl)c1. The van der Waals surface area contributed by atoms with Gasteiger partial charge in [0.05, 0.1) is 24.0 Å². The maximum Gasteiger partial charge on any atom is 0.232 e. The Morgan fingerprint density at radius 2 is 2.06 bits per heavy atom. The number of unbranched alkanes of at least 4 members (excludes halogenated alkanes) is 2. The minimum atomic E-state index is -3.38. The van der Waals surface area contributed by atoms with Gasteiger partial charge >= 0.3 is 0 Å². The van der Waals surface area contributed by atoms with E-state index in [1.54, 1.807) is 24.3 Å². The van der Waals surface area contributed by atoms with Crippen molar-refractivity contribution in [3.05, 3.63) is 29.8 Å². The minimum absolute atomic E-state index is 0.00151. The van der Waals surface area contributed by atoms with Crippen molar-refractivity contribution in [1.29, 1.82) is 5.26 Å². The van der Waals surface area contributed by atoms with Gasteiger partial charge in [-0.25, -0.2) is 8.42 Å². The first-order chi connectivity index (χ1) is 8.51. The second-order valence-corrected chi connectivity index (χ2v) is 6.69. The normalized spacial score (nSPS) is 10.9. The van der Waals surface area contributed by atoms with Crippen molar-refractivity contribution >= 4 is 19.7 Å². The molecule has 0 amide bonds. The van der Waals surface area contributed by atoms with Gasteiger partial charge < -0.3 is 4.74 Å². The van der Waals surface area contributed by atoms with Crippen LogP contribution in [-0.2, 0) is 9.05 Å². The number of hydrogen-bond acceptors (Lipinski definition) is 4. The third kappa shape index (κ3) is 6.48. The van der Waals surface area contributed by atoms with Crippen LogP contribution in [0.1, 0.15) is 24.8 Å². The smallest absolute Gasteiger partial charge is 0.232 e. The Bertz CT molecular complexity index is 522. The molecule has 4 nitrogen and oxygen atoms in total. The summed E-state index contributed by atoms with van der Waals surface area (Å²) in [6.07, 6.45) is 2.03. The van der Waals surface area contributed by atoms with E-state index in [2.05, 4.69) is 0 Å². The van der Waals surface area contributed by atoms with Gasteiger partial charge in [0.1, 0.15) is 5.75 Å². The van der Waals surface area contributed by atoms with Gasteiger partial charge in [0, 0.05) is 10.7 Å². The first kappa shape index (κ1) is 14.8. The summed E-state index contributed by atoms with van der Waals surface area (Å²) in [5.74, 6) is 0.650. The van der Waals surface area contributed by atoms with Gasteiger partial charge in [0.25, 0.3) is 0 Å². The van der Waals surface area contributed by atoms with E-state index in [0.29, 0.717) is 24.3 Å². The number of nitriles is 1. The van der Waals surface area contributed by atoms with Crippen molar-refractivity contribution in [2.75, 3.05) is 12.4 Å². The Kier molecular flexibility index (Phi) is 5.96. The molecule has 0 fully saturated rings. The van der Waals surface area contributed by atoms with Crippen LogP contribution in [0.2, 0.25) is 0 Å². The van der Waals surface area contributed by atoms with E-state index in [0.717, 1.165) is 12.8 Å². The summed E-state index contributed by atoms with van der Waals surface area (Å²) in [7, 11) is 1.71. The van der Waals surface area contributed by atoms with E-state index in [1.165, 1.54) is 0 Å². The Balaban J connectivity index is 2.20. The molecule has 1 aromatic rings. The largest absolute Gasteiger partial charge is 0.494 e. The molecular weight excluding hydrogens is 274 g/mol. The predicted molar refractivity (Wildman–Crippen MR) is 70.1 cm³/mol. The highest BCUT2D eigenvalue weighted by atomic mass is 35.7. The third-order valence-corrected chi connectivity index (χ3v) is 3.50. The van der Waals surface area contributed by atoms with Gasteiger partial charge in [-0.15, -0.1) is 0 Å². The van der Waals surface area contributed by atoms with Crippen LogP contribution in [0.15, 0.2) is 24.3 Å². The lowest BCUT2D eigenvalue weighted by molar-refractivity contribution is 0.306. The van der Waals surface area contributed by atoms with Crippen LogP contribution in [-0.4, -0.2) is 20.8 Å². The monoisotopic (exact) mass is 287 g/mol. The van der Waals surface area contributed by atoms with Crippen LogP contribution in [0.25, 0.3) is 0 Å². The summed E-state index contributed by atoms with van der Waals surface area (Å²) in [6.45, 7) is 0.497. The van der Waals surface area contributed by atoms with Crippen molar-refractivity contribution in [3.8, 4) is 11.8 Å². The highest BCUT2D eigenvalue weighted by molar-refractivity contribution is 8.13. The molecule has 0 bridgehead atoms. The molecule has 0 aliphatic heterocycles. The first-order valence-corrected chi connectivity index (χ1v) is 8.04. The number of hydrogen-bond donors (Lipinski definition) is 0. The van der Waals surface area contributed by atoms with Crippen molar-refractivity contribution in [2.24, 2.45) is 0 Å². The number of benzene rings is 1. The van der Waals surface area contributed by atoms with Crippen molar-refractivity contribution in [2.45, 2.75) is 19.3 Å². The predicted octanol–water partition coefficient (Wildman–Crippen LogP) is 2.68. The molecule has 0 radical (unpaired) electrons. The molecule has 98 valence electrons. The maximum absolute atomic E-state index is 10.7. The second kappa shape index (κ2) is 7.24. The van der Waals surface area contributed by atoms with Crippen molar-refractivity contribution in [3.63, 3.8) is 0 Å². The van der Waals surface area contributed by atoms with Gasteiger partial charge in [-0.1, -0.05) is 6.07 Å². The van der Waals surface area contributed by atoms with E-state index in [-0.39, 0.29) is 5.75 Å². The molecule has 0 saturated heterocycles. The van der Waals surface area contributed by atoms with Gasteiger partial charge in [0.2, 0.25) is 9.05 Å². The summed E-state index contributed by atoms with van der Waals surface area (Å²) in [6, 6.07) is 8.95. The molecule has 0 atom stereocenters. The summed E-state index contributed by atoms with van der Waals surface area (Å²) < 4.78 is 26.8. The molecule has 0 unspecified atom stereocenters. The average Bonchev–Trinajstić information content (AvgIpc) is 2.32. The summed E-state index contributed by atoms with van der Waals surface area (Å²) in [4.78, 5) is 0. The van der Waals surface area contributed by atoms with E-state index in [4.69, 9.17) is 20.7 Å². The van der Waals surface area contributed by atoms with E-state index in [1.807, 2.05) is 6.07 Å². The maximum atomic E-state index is 10.7. The van der Waals surface area contributed by atoms with Crippen LogP contribution in [0.5, 0.6) is 5.75 Å². The lowest BCUT2D eigenvalue weighted by Gasteiger charge is -2.05. The minimum Gasteiger partial charge on any atom is -0.494 e. The fourth-order valence-electron chi connectivity index (χ4n) is 1.40. The molecule has 0 aliphatic rings. The summed E-state index contributed by atoms with van der Waals surface area (Å²) in [5, 5.41) is 8.70. The van der Waals surface area contributed by atoms with Crippen LogP contribution in [0.4, 0.5) is 0 Å². The van der Waals surface area contributed by atoms with Crippen LogP contribution >= 0.6 is 10.7 Å².